The first-order valence-electron chi connectivity index (χ1n) is 9.27. The van der Waals surface area contributed by atoms with E-state index in [1.807, 2.05) is 12.1 Å². The van der Waals surface area contributed by atoms with E-state index in [0.29, 0.717) is 6.54 Å². The van der Waals surface area contributed by atoms with Crippen molar-refractivity contribution in [3.8, 4) is 0 Å². The van der Waals surface area contributed by atoms with Gasteiger partial charge in [0.05, 0.1) is 10.5 Å². The molecule has 0 aliphatic carbocycles. The van der Waals surface area contributed by atoms with E-state index in [9.17, 15) is 8.42 Å². The van der Waals surface area contributed by atoms with Crippen LogP contribution in [0.25, 0.3) is 0 Å². The fraction of sp³-hybridized carbons (Fsp3) is 0.632. The number of guanidine groups is 1. The number of piperazine rings is 1. The number of hydrogen-bond donors (Lipinski definition) is 1. The lowest BCUT2D eigenvalue weighted by atomic mass is 10.2. The average Bonchev–Trinajstić information content (AvgIpc) is 2.61. The Labute approximate surface area is 191 Å². The van der Waals surface area contributed by atoms with Gasteiger partial charge in [0.2, 0.25) is 0 Å². The van der Waals surface area contributed by atoms with Crippen molar-refractivity contribution >= 4 is 51.4 Å². The first-order valence-corrected chi connectivity index (χ1v) is 11.3. The van der Waals surface area contributed by atoms with Crippen molar-refractivity contribution in [3.63, 3.8) is 0 Å². The van der Waals surface area contributed by atoms with Gasteiger partial charge < -0.3 is 10.2 Å². The highest BCUT2D eigenvalue weighted by atomic mass is 127. The Morgan fingerprint density at radius 2 is 1.71 bits per heavy atom. The molecule has 0 saturated carbocycles. The predicted octanol–water partition coefficient (Wildman–Crippen LogP) is 2.86. The Morgan fingerprint density at radius 3 is 2.21 bits per heavy atom. The van der Waals surface area contributed by atoms with Crippen LogP contribution >= 0.6 is 35.6 Å². The molecule has 0 amide bonds. The van der Waals surface area contributed by atoms with E-state index >= 15 is 0 Å². The number of rotatable bonds is 5. The lowest BCUT2D eigenvalue weighted by molar-refractivity contribution is 0.172. The minimum absolute atomic E-state index is 0. The van der Waals surface area contributed by atoms with Crippen molar-refractivity contribution in [2.75, 3.05) is 45.5 Å². The van der Waals surface area contributed by atoms with Crippen molar-refractivity contribution in [1.82, 2.24) is 15.1 Å². The summed E-state index contributed by atoms with van der Waals surface area (Å²) in [4.78, 5) is 8.90. The molecular formula is C19H32ClIN4O2S. The zero-order valence-corrected chi connectivity index (χ0v) is 21.0. The molecule has 1 aromatic carbocycles. The van der Waals surface area contributed by atoms with Gasteiger partial charge in [-0.15, -0.1) is 24.0 Å². The Hall–Kier alpha value is -0.580. The summed E-state index contributed by atoms with van der Waals surface area (Å²) in [6.07, 6.45) is 0. The van der Waals surface area contributed by atoms with Crippen LogP contribution in [0.5, 0.6) is 0 Å². The molecule has 1 N–H and O–H groups in total. The minimum atomic E-state index is -3.13. The van der Waals surface area contributed by atoms with Gasteiger partial charge in [-0.25, -0.2) is 8.42 Å². The standard InChI is InChI=1S/C19H31ClN4O2S.HI/c1-19(2,3)27(25,26)14-9-22-18(21-4)24-12-10-23(11-13-24)15-16-5-7-17(20)8-6-16;/h5-8H,9-15H2,1-4H3,(H,21,22);1H. The highest BCUT2D eigenvalue weighted by Crippen LogP contribution is 2.15. The SMILES string of the molecule is CN=C(NCCS(=O)(=O)C(C)(C)C)N1CCN(Cc2ccc(Cl)cc2)CC1.I. The van der Waals surface area contributed by atoms with Crippen LogP contribution in [0.1, 0.15) is 26.3 Å². The van der Waals surface area contributed by atoms with Crippen LogP contribution in [0, 0.1) is 0 Å². The molecular weight excluding hydrogens is 511 g/mol. The third-order valence-corrected chi connectivity index (χ3v) is 7.65. The highest BCUT2D eigenvalue weighted by Gasteiger charge is 2.28. The molecule has 1 saturated heterocycles. The minimum Gasteiger partial charge on any atom is -0.355 e. The lowest BCUT2D eigenvalue weighted by Crippen LogP contribution is -2.52. The normalized spacial score (nSPS) is 16.6. The van der Waals surface area contributed by atoms with Crippen molar-refractivity contribution in [1.29, 1.82) is 0 Å². The van der Waals surface area contributed by atoms with E-state index in [-0.39, 0.29) is 29.7 Å². The maximum Gasteiger partial charge on any atom is 0.193 e. The number of nitrogens with one attached hydrogen (secondary N) is 1. The first-order chi connectivity index (χ1) is 12.6. The largest absolute Gasteiger partial charge is 0.355 e. The van der Waals surface area contributed by atoms with Gasteiger partial charge in [0.15, 0.2) is 15.8 Å². The number of benzene rings is 1. The molecule has 0 unspecified atom stereocenters. The summed E-state index contributed by atoms with van der Waals surface area (Å²) in [6, 6.07) is 7.96. The maximum absolute atomic E-state index is 12.2. The molecule has 1 heterocycles. The van der Waals surface area contributed by atoms with Gasteiger partial charge in [-0.3, -0.25) is 9.89 Å². The second kappa shape index (κ2) is 11.0. The Balaban J connectivity index is 0.00000392. The third-order valence-electron chi connectivity index (χ3n) is 4.79. The van der Waals surface area contributed by atoms with Crippen molar-refractivity contribution in [2.45, 2.75) is 32.1 Å². The van der Waals surface area contributed by atoms with E-state index in [1.54, 1.807) is 27.8 Å². The quantitative estimate of drug-likeness (QED) is 0.352. The monoisotopic (exact) mass is 542 g/mol. The van der Waals surface area contributed by atoms with E-state index < -0.39 is 14.6 Å². The van der Waals surface area contributed by atoms with Crippen LogP contribution in [0.15, 0.2) is 29.3 Å². The molecule has 1 fully saturated rings. The second-order valence-corrected chi connectivity index (χ2v) is 11.1. The zero-order chi connectivity index (χ0) is 20.1. The van der Waals surface area contributed by atoms with E-state index in [2.05, 4.69) is 32.2 Å². The van der Waals surface area contributed by atoms with Crippen molar-refractivity contribution < 1.29 is 8.42 Å². The highest BCUT2D eigenvalue weighted by molar-refractivity contribution is 14.0. The Bertz CT molecular complexity index is 740. The second-order valence-electron chi connectivity index (χ2n) is 7.79. The summed E-state index contributed by atoms with van der Waals surface area (Å²) in [5.74, 6) is 0.872. The molecule has 2 rings (SSSR count). The molecule has 0 spiro atoms. The number of hydrogen-bond acceptors (Lipinski definition) is 4. The topological polar surface area (TPSA) is 65.0 Å². The summed E-state index contributed by atoms with van der Waals surface area (Å²) in [6.45, 7) is 10.1. The number of halogens is 2. The predicted molar refractivity (Wildman–Crippen MR) is 129 cm³/mol. The van der Waals surface area contributed by atoms with E-state index in [0.717, 1.165) is 43.7 Å². The smallest absolute Gasteiger partial charge is 0.193 e. The lowest BCUT2D eigenvalue weighted by Gasteiger charge is -2.36. The number of nitrogens with zero attached hydrogens (tertiary/aromatic N) is 3. The summed E-state index contributed by atoms with van der Waals surface area (Å²) in [7, 11) is -1.40. The average molecular weight is 543 g/mol. The van der Waals surface area contributed by atoms with E-state index in [4.69, 9.17) is 11.6 Å². The van der Waals surface area contributed by atoms with Crippen LogP contribution < -0.4 is 5.32 Å². The van der Waals surface area contributed by atoms with Crippen LogP contribution in [0.3, 0.4) is 0 Å². The van der Waals surface area contributed by atoms with Crippen LogP contribution in [0.4, 0.5) is 0 Å². The van der Waals surface area contributed by atoms with Gasteiger partial charge in [0, 0.05) is 51.3 Å². The molecule has 1 aliphatic heterocycles. The molecule has 0 aromatic heterocycles. The van der Waals surface area contributed by atoms with Gasteiger partial charge in [-0.2, -0.15) is 0 Å². The van der Waals surface area contributed by atoms with Gasteiger partial charge in [-0.1, -0.05) is 23.7 Å². The van der Waals surface area contributed by atoms with Gasteiger partial charge in [-0.05, 0) is 38.5 Å². The van der Waals surface area contributed by atoms with Gasteiger partial charge in [0.25, 0.3) is 0 Å². The van der Waals surface area contributed by atoms with Gasteiger partial charge >= 0.3 is 0 Å². The molecule has 0 radical (unpaired) electrons. The fourth-order valence-electron chi connectivity index (χ4n) is 2.90. The maximum atomic E-state index is 12.2. The first kappa shape index (κ1) is 25.5. The number of sulfone groups is 1. The molecule has 9 heteroatoms. The zero-order valence-electron chi connectivity index (χ0n) is 17.1. The summed E-state index contributed by atoms with van der Waals surface area (Å²) >= 11 is 5.94. The van der Waals surface area contributed by atoms with Crippen LogP contribution in [-0.2, 0) is 16.4 Å². The summed E-state index contributed by atoms with van der Waals surface area (Å²) in [5.41, 5.74) is 1.25. The Kier molecular flexibility index (Phi) is 9.99. The number of aliphatic imine (C=N–C) groups is 1. The molecule has 0 atom stereocenters. The fourth-order valence-corrected chi connectivity index (χ4v) is 4.01. The molecule has 28 heavy (non-hydrogen) atoms. The van der Waals surface area contributed by atoms with Crippen molar-refractivity contribution in [2.24, 2.45) is 4.99 Å². The van der Waals surface area contributed by atoms with E-state index in [1.165, 1.54) is 5.56 Å². The summed E-state index contributed by atoms with van der Waals surface area (Å²) in [5, 5.41) is 3.96. The van der Waals surface area contributed by atoms with Crippen LogP contribution in [0.2, 0.25) is 5.02 Å². The van der Waals surface area contributed by atoms with Crippen molar-refractivity contribution in [3.05, 3.63) is 34.9 Å². The molecule has 0 bridgehead atoms. The third kappa shape index (κ3) is 7.35. The summed E-state index contributed by atoms with van der Waals surface area (Å²) < 4.78 is 23.7. The molecule has 1 aromatic rings. The van der Waals surface area contributed by atoms with Gasteiger partial charge in [0.1, 0.15) is 0 Å². The molecule has 1 aliphatic rings. The molecule has 6 nitrogen and oxygen atoms in total. The van der Waals surface area contributed by atoms with Crippen LogP contribution in [-0.4, -0.2) is 74.4 Å². The Morgan fingerprint density at radius 1 is 1.14 bits per heavy atom. The molecule has 160 valence electrons.